The summed E-state index contributed by atoms with van der Waals surface area (Å²) in [6.45, 7) is 0.514. The number of imidazole rings is 1. The van der Waals surface area contributed by atoms with Crippen molar-refractivity contribution >= 4 is 16.3 Å². The number of aromatic nitrogens is 2. The molecule has 4 rings (SSSR count). The van der Waals surface area contributed by atoms with Gasteiger partial charge in [0.1, 0.15) is 11.5 Å². The van der Waals surface area contributed by atoms with Crippen molar-refractivity contribution in [3.63, 3.8) is 0 Å². The van der Waals surface area contributed by atoms with E-state index < -0.39 is 0 Å². The van der Waals surface area contributed by atoms with E-state index in [1.807, 2.05) is 17.5 Å². The number of rotatable bonds is 4. The lowest BCUT2D eigenvalue weighted by Gasteiger charge is -2.05. The quantitative estimate of drug-likeness (QED) is 0.617. The molecule has 0 radical (unpaired) electrons. The van der Waals surface area contributed by atoms with Crippen LogP contribution in [0.25, 0.3) is 27.7 Å². The molecule has 0 unspecified atom stereocenters. The van der Waals surface area contributed by atoms with Crippen LogP contribution < -0.4 is 5.73 Å². The van der Waals surface area contributed by atoms with Crippen LogP contribution in [0.2, 0.25) is 0 Å². The minimum atomic E-state index is -0.246. The third-order valence-corrected chi connectivity index (χ3v) is 4.56. The fourth-order valence-electron chi connectivity index (χ4n) is 2.72. The van der Waals surface area contributed by atoms with E-state index in [0.717, 1.165) is 33.4 Å². The van der Waals surface area contributed by atoms with Crippen molar-refractivity contribution in [3.05, 3.63) is 59.6 Å². The molecular formula is C17H14FN3OS. The second-order valence-electron chi connectivity index (χ2n) is 5.17. The van der Waals surface area contributed by atoms with Gasteiger partial charge < -0.3 is 10.2 Å². The molecule has 0 atom stereocenters. The van der Waals surface area contributed by atoms with Gasteiger partial charge in [-0.05, 0) is 48.5 Å². The Kier molecular flexibility index (Phi) is 3.48. The highest BCUT2D eigenvalue weighted by atomic mass is 32.1. The summed E-state index contributed by atoms with van der Waals surface area (Å²) >= 11 is 1.55. The fraction of sp³-hybridized carbons (Fsp3) is 0.118. The molecule has 0 saturated carbocycles. The van der Waals surface area contributed by atoms with Gasteiger partial charge in [-0.15, -0.1) is 11.3 Å². The number of hydrogen-bond donors (Lipinski definition) is 1. The van der Waals surface area contributed by atoms with E-state index in [0.29, 0.717) is 13.0 Å². The summed E-state index contributed by atoms with van der Waals surface area (Å²) in [5.74, 6) is 0.485. The number of nitrogens with zero attached hydrogens (tertiary/aromatic N) is 2. The van der Waals surface area contributed by atoms with E-state index in [9.17, 15) is 4.39 Å². The lowest BCUT2D eigenvalue weighted by Crippen LogP contribution is -2.06. The number of furan rings is 1. The third kappa shape index (κ3) is 2.36. The Morgan fingerprint density at radius 1 is 1.22 bits per heavy atom. The molecule has 3 heterocycles. The van der Waals surface area contributed by atoms with Crippen LogP contribution in [-0.2, 0) is 6.42 Å². The number of fused-ring (bicyclic) bond motifs is 1. The molecule has 4 aromatic rings. The molecule has 4 nitrogen and oxygen atoms in total. The number of halogens is 1. The maximum absolute atomic E-state index is 13.2. The topological polar surface area (TPSA) is 56.5 Å². The van der Waals surface area contributed by atoms with E-state index in [-0.39, 0.29) is 5.82 Å². The van der Waals surface area contributed by atoms with Crippen molar-refractivity contribution in [2.45, 2.75) is 6.42 Å². The molecule has 1 aromatic carbocycles. The van der Waals surface area contributed by atoms with Gasteiger partial charge in [0.05, 0.1) is 17.7 Å². The molecule has 0 aliphatic carbocycles. The summed E-state index contributed by atoms with van der Waals surface area (Å²) in [6, 6.07) is 10.2. The first kappa shape index (κ1) is 14.2. The zero-order valence-electron chi connectivity index (χ0n) is 12.2. The Morgan fingerprint density at radius 2 is 2.04 bits per heavy atom. The second-order valence-corrected chi connectivity index (χ2v) is 6.01. The normalized spacial score (nSPS) is 11.4. The molecule has 2 N–H and O–H groups in total. The molecule has 0 fully saturated rings. The molecule has 0 aliphatic heterocycles. The van der Waals surface area contributed by atoms with E-state index in [1.54, 1.807) is 29.7 Å². The van der Waals surface area contributed by atoms with Gasteiger partial charge in [-0.3, -0.25) is 4.40 Å². The first-order valence-corrected chi connectivity index (χ1v) is 8.14. The predicted octanol–water partition coefficient (Wildman–Crippen LogP) is 3.96. The van der Waals surface area contributed by atoms with Gasteiger partial charge in [0, 0.05) is 11.8 Å². The fourth-order valence-corrected chi connectivity index (χ4v) is 3.63. The average Bonchev–Trinajstić information content (AvgIpc) is 3.25. The standard InChI is InChI=1S/C17H14FN3OS/c18-12-5-3-11(4-6-12)14-10-23-17-20-16(15-2-1-9-22-15)13(7-8-19)21(14)17/h1-6,9-10H,7-8,19H2. The van der Waals surface area contributed by atoms with Crippen molar-refractivity contribution in [2.24, 2.45) is 5.73 Å². The lowest BCUT2D eigenvalue weighted by molar-refractivity contribution is 0.579. The SMILES string of the molecule is NCCc1c(-c2ccco2)nc2scc(-c3ccc(F)cc3)n12. The number of benzene rings is 1. The average molecular weight is 327 g/mol. The van der Waals surface area contributed by atoms with Crippen LogP contribution in [0.5, 0.6) is 0 Å². The van der Waals surface area contributed by atoms with E-state index in [2.05, 4.69) is 4.40 Å². The zero-order valence-corrected chi connectivity index (χ0v) is 13.0. The van der Waals surface area contributed by atoms with Crippen molar-refractivity contribution in [3.8, 4) is 22.7 Å². The van der Waals surface area contributed by atoms with Crippen LogP contribution in [0.15, 0.2) is 52.5 Å². The van der Waals surface area contributed by atoms with Gasteiger partial charge in [-0.25, -0.2) is 9.37 Å². The van der Waals surface area contributed by atoms with Crippen LogP contribution in [0.3, 0.4) is 0 Å². The molecule has 0 spiro atoms. The first-order chi connectivity index (χ1) is 11.3. The molecular weight excluding hydrogens is 313 g/mol. The minimum absolute atomic E-state index is 0.246. The van der Waals surface area contributed by atoms with Gasteiger partial charge >= 0.3 is 0 Å². The Balaban J connectivity index is 1.95. The molecule has 0 aliphatic rings. The van der Waals surface area contributed by atoms with Gasteiger partial charge in [-0.2, -0.15) is 0 Å². The van der Waals surface area contributed by atoms with Crippen LogP contribution in [0.1, 0.15) is 5.69 Å². The molecule has 23 heavy (non-hydrogen) atoms. The maximum Gasteiger partial charge on any atom is 0.195 e. The predicted molar refractivity (Wildman–Crippen MR) is 88.9 cm³/mol. The Morgan fingerprint density at radius 3 is 2.74 bits per heavy atom. The van der Waals surface area contributed by atoms with Crippen molar-refractivity contribution in [1.29, 1.82) is 0 Å². The Bertz CT molecular complexity index is 938. The summed E-state index contributed by atoms with van der Waals surface area (Å²) in [7, 11) is 0. The monoisotopic (exact) mass is 327 g/mol. The highest BCUT2D eigenvalue weighted by molar-refractivity contribution is 7.15. The Labute approximate surface area is 136 Å². The summed E-state index contributed by atoms with van der Waals surface area (Å²) in [5.41, 5.74) is 9.55. The molecule has 3 aromatic heterocycles. The lowest BCUT2D eigenvalue weighted by atomic mass is 10.1. The van der Waals surface area contributed by atoms with Crippen LogP contribution in [-0.4, -0.2) is 15.9 Å². The third-order valence-electron chi connectivity index (χ3n) is 3.73. The van der Waals surface area contributed by atoms with E-state index in [1.165, 1.54) is 12.1 Å². The van der Waals surface area contributed by atoms with Gasteiger partial charge in [-0.1, -0.05) is 0 Å². The summed E-state index contributed by atoms with van der Waals surface area (Å²) in [4.78, 5) is 5.57. The van der Waals surface area contributed by atoms with Crippen molar-refractivity contribution in [2.75, 3.05) is 6.54 Å². The van der Waals surface area contributed by atoms with Gasteiger partial charge in [0.25, 0.3) is 0 Å². The number of hydrogen-bond acceptors (Lipinski definition) is 4. The summed E-state index contributed by atoms with van der Waals surface area (Å²) in [6.07, 6.45) is 2.32. The molecule has 116 valence electrons. The molecule has 0 saturated heterocycles. The second kappa shape index (κ2) is 5.64. The highest BCUT2D eigenvalue weighted by Crippen LogP contribution is 2.33. The molecule has 0 bridgehead atoms. The van der Waals surface area contributed by atoms with Crippen molar-refractivity contribution < 1.29 is 8.81 Å². The minimum Gasteiger partial charge on any atom is -0.463 e. The van der Waals surface area contributed by atoms with Crippen molar-refractivity contribution in [1.82, 2.24) is 9.38 Å². The number of thiazole rings is 1. The summed E-state index contributed by atoms with van der Waals surface area (Å²) in [5, 5.41) is 2.03. The maximum atomic E-state index is 13.2. The Hall–Kier alpha value is -2.44. The van der Waals surface area contributed by atoms with Crippen LogP contribution >= 0.6 is 11.3 Å². The smallest absolute Gasteiger partial charge is 0.195 e. The van der Waals surface area contributed by atoms with E-state index in [4.69, 9.17) is 15.1 Å². The zero-order chi connectivity index (χ0) is 15.8. The highest BCUT2D eigenvalue weighted by Gasteiger charge is 2.19. The van der Waals surface area contributed by atoms with E-state index >= 15 is 0 Å². The largest absolute Gasteiger partial charge is 0.463 e. The summed E-state index contributed by atoms with van der Waals surface area (Å²) < 4.78 is 20.8. The molecule has 6 heteroatoms. The van der Waals surface area contributed by atoms with Crippen LogP contribution in [0.4, 0.5) is 4.39 Å². The van der Waals surface area contributed by atoms with Crippen LogP contribution in [0, 0.1) is 5.82 Å². The van der Waals surface area contributed by atoms with Gasteiger partial charge in [0.15, 0.2) is 10.7 Å². The van der Waals surface area contributed by atoms with Gasteiger partial charge in [0.2, 0.25) is 0 Å². The first-order valence-electron chi connectivity index (χ1n) is 7.26. The molecule has 0 amide bonds. The number of nitrogens with two attached hydrogens (primary N) is 1.